The zero-order chi connectivity index (χ0) is 30.3. The number of benzene rings is 1. The van der Waals surface area contributed by atoms with E-state index in [1.165, 1.54) is 0 Å². The van der Waals surface area contributed by atoms with Gasteiger partial charge < -0.3 is 5.32 Å². The number of aromatic nitrogens is 2. The van der Waals surface area contributed by atoms with Gasteiger partial charge in [-0.2, -0.15) is 30.6 Å². The van der Waals surface area contributed by atoms with E-state index in [4.69, 9.17) is 0 Å². The Balaban J connectivity index is 1.61. The number of carbonyl (C=O) groups is 1. The SMILES string of the molecule is C[C@@H]1C[C@@H](C(=O)NCc2cc(-c3ccc(C(F)(F)F)nc3)ncc2C(F)(F)F)N(S(=O)(=O)c2ccc(F)cc2)[C@H]1C. The predicted molar refractivity (Wildman–Crippen MR) is 132 cm³/mol. The molecule has 0 bridgehead atoms. The molecule has 2 aromatic heterocycles. The van der Waals surface area contributed by atoms with Crippen molar-refractivity contribution in [1.29, 1.82) is 0 Å². The van der Waals surface area contributed by atoms with Gasteiger partial charge in [0.25, 0.3) is 0 Å². The van der Waals surface area contributed by atoms with Crippen LogP contribution in [0.25, 0.3) is 11.3 Å². The first kappa shape index (κ1) is 30.4. The number of alkyl halides is 6. The number of hydrogen-bond donors (Lipinski definition) is 1. The molecule has 0 unspecified atom stereocenters. The number of sulfonamides is 1. The summed E-state index contributed by atoms with van der Waals surface area (Å²) in [6.07, 6.45) is -8.19. The average Bonchev–Trinajstić information content (AvgIpc) is 3.21. The minimum absolute atomic E-state index is 0.00862. The van der Waals surface area contributed by atoms with Gasteiger partial charge in [-0.05, 0) is 67.3 Å². The third-order valence-corrected chi connectivity index (χ3v) is 8.93. The highest BCUT2D eigenvalue weighted by Crippen LogP contribution is 2.36. The molecule has 0 radical (unpaired) electrons. The van der Waals surface area contributed by atoms with Crippen molar-refractivity contribution in [3.8, 4) is 11.3 Å². The maximum atomic E-state index is 13.7. The highest BCUT2D eigenvalue weighted by atomic mass is 32.2. The van der Waals surface area contributed by atoms with E-state index in [0.29, 0.717) is 12.3 Å². The van der Waals surface area contributed by atoms with Gasteiger partial charge >= 0.3 is 12.4 Å². The van der Waals surface area contributed by atoms with Crippen molar-refractivity contribution in [2.24, 2.45) is 5.92 Å². The molecule has 0 saturated carbocycles. The number of hydrogen-bond acceptors (Lipinski definition) is 5. The normalized spacial score (nSPS) is 20.3. The van der Waals surface area contributed by atoms with E-state index < -0.39 is 69.5 Å². The molecule has 41 heavy (non-hydrogen) atoms. The largest absolute Gasteiger partial charge is 0.433 e. The molecule has 3 atom stereocenters. The zero-order valence-electron chi connectivity index (χ0n) is 21.5. The van der Waals surface area contributed by atoms with Crippen molar-refractivity contribution >= 4 is 15.9 Å². The van der Waals surface area contributed by atoms with Crippen molar-refractivity contribution in [2.75, 3.05) is 0 Å². The van der Waals surface area contributed by atoms with Gasteiger partial charge in [0.05, 0.1) is 16.2 Å². The Morgan fingerprint density at radius 2 is 1.63 bits per heavy atom. The van der Waals surface area contributed by atoms with E-state index in [2.05, 4.69) is 15.3 Å². The molecule has 220 valence electrons. The molecule has 0 spiro atoms. The smallest absolute Gasteiger partial charge is 0.351 e. The summed E-state index contributed by atoms with van der Waals surface area (Å²) in [5.41, 5.74) is -2.93. The van der Waals surface area contributed by atoms with Crippen LogP contribution in [-0.4, -0.2) is 40.7 Å². The highest BCUT2D eigenvalue weighted by Gasteiger charge is 2.47. The van der Waals surface area contributed by atoms with Crippen LogP contribution < -0.4 is 5.32 Å². The van der Waals surface area contributed by atoms with Crippen molar-refractivity contribution < 1.29 is 43.9 Å². The lowest BCUT2D eigenvalue weighted by molar-refractivity contribution is -0.141. The van der Waals surface area contributed by atoms with Crippen molar-refractivity contribution in [3.63, 3.8) is 0 Å². The Morgan fingerprint density at radius 1 is 0.976 bits per heavy atom. The van der Waals surface area contributed by atoms with Crippen LogP contribution in [0.3, 0.4) is 0 Å². The summed E-state index contributed by atoms with van der Waals surface area (Å²) in [6.45, 7) is 2.63. The molecule has 7 nitrogen and oxygen atoms in total. The molecule has 4 rings (SSSR count). The third kappa shape index (κ3) is 6.35. The Morgan fingerprint density at radius 3 is 2.20 bits per heavy atom. The summed E-state index contributed by atoms with van der Waals surface area (Å²) in [6, 6.07) is 4.76. The van der Waals surface area contributed by atoms with E-state index in [1.807, 2.05) is 0 Å². The summed E-state index contributed by atoms with van der Waals surface area (Å²) in [5, 5.41) is 2.37. The second-order valence-corrected chi connectivity index (χ2v) is 11.5. The first-order valence-electron chi connectivity index (χ1n) is 12.2. The fourth-order valence-corrected chi connectivity index (χ4v) is 6.48. The van der Waals surface area contributed by atoms with E-state index in [9.17, 15) is 43.9 Å². The summed E-state index contributed by atoms with van der Waals surface area (Å²) >= 11 is 0. The Hall–Kier alpha value is -3.59. The number of halogens is 7. The van der Waals surface area contributed by atoms with Crippen LogP contribution in [0, 0.1) is 11.7 Å². The second-order valence-electron chi connectivity index (χ2n) is 9.63. The quantitative estimate of drug-likeness (QED) is 0.380. The standard InChI is InChI=1S/C26H23F7N4O3S/c1-14-9-22(37(15(14)2)41(39,40)19-6-4-18(27)5-7-19)24(38)36-12-17-10-21(34-13-20(17)25(28,29)30)16-3-8-23(35-11-16)26(31,32)33/h3-8,10-11,13-15,22H,9,12H2,1-2H3,(H,36,38)/t14-,15+,22+/m1/s1. The summed E-state index contributed by atoms with van der Waals surface area (Å²) in [5.74, 6) is -1.80. The van der Waals surface area contributed by atoms with Crippen LogP contribution in [0.15, 0.2) is 59.8 Å². The summed E-state index contributed by atoms with van der Waals surface area (Å²) < 4.78 is 121. The van der Waals surface area contributed by atoms with E-state index in [-0.39, 0.29) is 28.5 Å². The van der Waals surface area contributed by atoms with Gasteiger partial charge in [0.1, 0.15) is 17.6 Å². The van der Waals surface area contributed by atoms with Gasteiger partial charge in [-0.15, -0.1) is 0 Å². The van der Waals surface area contributed by atoms with Crippen molar-refractivity contribution in [3.05, 3.63) is 77.5 Å². The molecule has 1 N–H and O–H groups in total. The highest BCUT2D eigenvalue weighted by molar-refractivity contribution is 7.89. The molecular formula is C26H23F7N4O3S. The molecule has 1 fully saturated rings. The Labute approximate surface area is 230 Å². The van der Waals surface area contributed by atoms with Crippen LogP contribution in [-0.2, 0) is 33.7 Å². The lowest BCUT2D eigenvalue weighted by Crippen LogP contribution is -2.48. The molecule has 15 heteroatoms. The molecule has 1 saturated heterocycles. The number of carbonyl (C=O) groups excluding carboxylic acids is 1. The fraction of sp³-hybridized carbons (Fsp3) is 0.346. The monoisotopic (exact) mass is 604 g/mol. The average molecular weight is 605 g/mol. The summed E-state index contributed by atoms with van der Waals surface area (Å²) in [4.78, 5) is 20.0. The fourth-order valence-electron chi connectivity index (χ4n) is 4.59. The van der Waals surface area contributed by atoms with Gasteiger partial charge in [-0.25, -0.2) is 12.8 Å². The lowest BCUT2D eigenvalue weighted by atomic mass is 10.0. The molecule has 1 aliphatic rings. The van der Waals surface area contributed by atoms with Crippen LogP contribution >= 0.6 is 0 Å². The molecule has 3 aromatic rings. The lowest BCUT2D eigenvalue weighted by Gasteiger charge is -2.27. The second kappa shape index (κ2) is 11.0. The van der Waals surface area contributed by atoms with Crippen molar-refractivity contribution in [1.82, 2.24) is 19.6 Å². The number of amides is 1. The Bertz CT molecular complexity index is 1530. The van der Waals surface area contributed by atoms with E-state index in [0.717, 1.165) is 46.9 Å². The molecule has 3 heterocycles. The van der Waals surface area contributed by atoms with Gasteiger partial charge in [0.2, 0.25) is 15.9 Å². The van der Waals surface area contributed by atoms with Gasteiger partial charge in [0, 0.05) is 30.5 Å². The maximum absolute atomic E-state index is 13.7. The molecule has 1 aromatic carbocycles. The summed E-state index contributed by atoms with van der Waals surface area (Å²) in [7, 11) is -4.27. The predicted octanol–water partition coefficient (Wildman–Crippen LogP) is 5.42. The zero-order valence-corrected chi connectivity index (χ0v) is 22.3. The van der Waals surface area contributed by atoms with Gasteiger partial charge in [0.15, 0.2) is 0 Å². The minimum Gasteiger partial charge on any atom is -0.351 e. The first-order chi connectivity index (χ1) is 19.0. The van der Waals surface area contributed by atoms with Crippen LogP contribution in [0.2, 0.25) is 0 Å². The van der Waals surface area contributed by atoms with Crippen LogP contribution in [0.4, 0.5) is 30.7 Å². The van der Waals surface area contributed by atoms with Crippen molar-refractivity contribution in [2.45, 2.75) is 56.1 Å². The Kier molecular flexibility index (Phi) is 8.15. The van der Waals surface area contributed by atoms with Crippen LogP contribution in [0.1, 0.15) is 37.1 Å². The first-order valence-corrected chi connectivity index (χ1v) is 13.6. The van der Waals surface area contributed by atoms with Crippen LogP contribution in [0.5, 0.6) is 0 Å². The molecule has 0 aliphatic carbocycles. The molecule has 1 aliphatic heterocycles. The maximum Gasteiger partial charge on any atom is 0.433 e. The minimum atomic E-state index is -4.88. The number of rotatable bonds is 6. The topological polar surface area (TPSA) is 92.3 Å². The number of nitrogens with zero attached hydrogens (tertiary/aromatic N) is 3. The molecular weight excluding hydrogens is 581 g/mol. The number of pyridine rings is 2. The van der Waals surface area contributed by atoms with Gasteiger partial charge in [-0.3, -0.25) is 14.8 Å². The van der Waals surface area contributed by atoms with E-state index >= 15 is 0 Å². The number of nitrogens with one attached hydrogen (secondary N) is 1. The molecule has 1 amide bonds. The van der Waals surface area contributed by atoms with Gasteiger partial charge in [-0.1, -0.05) is 6.92 Å². The third-order valence-electron chi connectivity index (χ3n) is 6.92. The van der Waals surface area contributed by atoms with E-state index in [1.54, 1.807) is 13.8 Å².